The van der Waals surface area contributed by atoms with Crippen LogP contribution in [0, 0.1) is 6.92 Å². The maximum atomic E-state index is 13.0. The minimum absolute atomic E-state index is 0.00408. The van der Waals surface area contributed by atoms with Crippen LogP contribution in [0.1, 0.15) is 59.4 Å². The van der Waals surface area contributed by atoms with Gasteiger partial charge in [0, 0.05) is 37.4 Å². The number of amides is 2. The lowest BCUT2D eigenvalue weighted by Gasteiger charge is -2.22. The number of hydrogen-bond donors (Lipinski definition) is 1. The van der Waals surface area contributed by atoms with Gasteiger partial charge in [0.05, 0.1) is 11.3 Å². The Morgan fingerprint density at radius 2 is 1.72 bits per heavy atom. The first-order valence-corrected chi connectivity index (χ1v) is 10.6. The Hall–Kier alpha value is -2.82. The maximum Gasteiger partial charge on any atom is 0.256 e. The van der Waals surface area contributed by atoms with E-state index in [1.54, 1.807) is 0 Å². The minimum atomic E-state index is -0.198. The summed E-state index contributed by atoms with van der Waals surface area (Å²) in [5.74, 6) is -0.194. The monoisotopic (exact) mass is 393 g/mol. The van der Waals surface area contributed by atoms with Crippen LogP contribution < -0.4 is 10.2 Å². The lowest BCUT2D eigenvalue weighted by atomic mass is 10.0. The fourth-order valence-electron chi connectivity index (χ4n) is 3.89. The molecule has 29 heavy (non-hydrogen) atoms. The second kappa shape index (κ2) is 9.59. The molecule has 1 N–H and O–H groups in total. The molecular formula is C24H31N3O2. The summed E-state index contributed by atoms with van der Waals surface area (Å²) in [6, 6.07) is 13.3. The molecule has 2 aromatic carbocycles. The molecule has 0 bridgehead atoms. The molecule has 1 heterocycles. The van der Waals surface area contributed by atoms with Gasteiger partial charge in [0.15, 0.2) is 0 Å². The van der Waals surface area contributed by atoms with Crippen LogP contribution in [0.5, 0.6) is 0 Å². The molecule has 5 nitrogen and oxygen atoms in total. The predicted octanol–water partition coefficient (Wildman–Crippen LogP) is 4.72. The van der Waals surface area contributed by atoms with E-state index in [1.807, 2.05) is 54.3 Å². The zero-order chi connectivity index (χ0) is 20.8. The van der Waals surface area contributed by atoms with Crippen molar-refractivity contribution in [1.82, 2.24) is 4.90 Å². The van der Waals surface area contributed by atoms with Crippen LogP contribution in [-0.4, -0.2) is 42.9 Å². The first-order valence-electron chi connectivity index (χ1n) is 10.6. The van der Waals surface area contributed by atoms with Gasteiger partial charge >= 0.3 is 0 Å². The van der Waals surface area contributed by atoms with Crippen molar-refractivity contribution in [1.29, 1.82) is 0 Å². The molecule has 1 saturated heterocycles. The van der Waals surface area contributed by atoms with Gasteiger partial charge in [0.25, 0.3) is 11.8 Å². The van der Waals surface area contributed by atoms with E-state index in [0.29, 0.717) is 16.8 Å². The number of hydrogen-bond acceptors (Lipinski definition) is 3. The Bertz CT molecular complexity index is 855. The van der Waals surface area contributed by atoms with E-state index in [-0.39, 0.29) is 11.8 Å². The Morgan fingerprint density at radius 3 is 2.34 bits per heavy atom. The number of carbonyl (C=O) groups is 2. The molecule has 0 saturated carbocycles. The van der Waals surface area contributed by atoms with E-state index in [9.17, 15) is 9.59 Å². The smallest absolute Gasteiger partial charge is 0.256 e. The predicted molar refractivity (Wildman–Crippen MR) is 119 cm³/mol. The molecule has 1 aliphatic rings. The lowest BCUT2D eigenvalue weighted by molar-refractivity contribution is 0.0793. The van der Waals surface area contributed by atoms with Crippen LogP contribution >= 0.6 is 0 Å². The second-order valence-electron chi connectivity index (χ2n) is 7.58. The van der Waals surface area contributed by atoms with Gasteiger partial charge in [-0.3, -0.25) is 9.59 Å². The van der Waals surface area contributed by atoms with Crippen LogP contribution in [0.2, 0.25) is 0 Å². The molecule has 154 valence electrons. The normalized spacial score (nSPS) is 13.4. The highest BCUT2D eigenvalue weighted by Crippen LogP contribution is 2.24. The SMILES string of the molecule is CCCN(CC)c1ccc(C(=O)Nc2cccc(C)c2C(=O)N2CCCC2)cc1. The van der Waals surface area contributed by atoms with Gasteiger partial charge in [-0.1, -0.05) is 19.1 Å². The molecule has 5 heteroatoms. The first-order chi connectivity index (χ1) is 14.0. The summed E-state index contributed by atoms with van der Waals surface area (Å²) in [7, 11) is 0. The summed E-state index contributed by atoms with van der Waals surface area (Å²) in [4.78, 5) is 30.0. The number of benzene rings is 2. The number of aryl methyl sites for hydroxylation is 1. The van der Waals surface area contributed by atoms with Crippen molar-refractivity contribution in [3.63, 3.8) is 0 Å². The van der Waals surface area contributed by atoms with Crippen molar-refractivity contribution in [2.24, 2.45) is 0 Å². The average molecular weight is 394 g/mol. The molecule has 3 rings (SSSR count). The van der Waals surface area contributed by atoms with Crippen molar-refractivity contribution in [3.8, 4) is 0 Å². The lowest BCUT2D eigenvalue weighted by Crippen LogP contribution is -2.29. The standard InChI is InChI=1S/C24H31N3O2/c1-4-15-26(5-2)20-13-11-19(12-14-20)23(28)25-21-10-8-9-18(3)22(21)24(29)27-16-6-7-17-27/h8-14H,4-7,15-17H2,1-3H3,(H,25,28). The van der Waals surface area contributed by atoms with Gasteiger partial charge in [-0.15, -0.1) is 0 Å². The van der Waals surface area contributed by atoms with Gasteiger partial charge in [0.1, 0.15) is 0 Å². The maximum absolute atomic E-state index is 13.0. The molecule has 0 atom stereocenters. The Balaban J connectivity index is 1.79. The summed E-state index contributed by atoms with van der Waals surface area (Å²) in [6.07, 6.45) is 3.16. The number of nitrogens with one attached hydrogen (secondary N) is 1. The van der Waals surface area contributed by atoms with Crippen molar-refractivity contribution in [2.75, 3.05) is 36.4 Å². The number of likely N-dealkylation sites (tertiary alicyclic amines) is 1. The van der Waals surface area contributed by atoms with Crippen LogP contribution in [0.4, 0.5) is 11.4 Å². The molecular weight excluding hydrogens is 362 g/mol. The molecule has 2 aromatic rings. The quantitative estimate of drug-likeness (QED) is 0.740. The van der Waals surface area contributed by atoms with Gasteiger partial charge in [0.2, 0.25) is 0 Å². The summed E-state index contributed by atoms with van der Waals surface area (Å²) >= 11 is 0. The summed E-state index contributed by atoms with van der Waals surface area (Å²) in [6.45, 7) is 9.71. The van der Waals surface area contributed by atoms with Crippen LogP contribution in [-0.2, 0) is 0 Å². The Kier molecular flexibility index (Phi) is 6.91. The fourth-order valence-corrected chi connectivity index (χ4v) is 3.89. The van der Waals surface area contributed by atoms with Crippen molar-refractivity contribution in [3.05, 3.63) is 59.2 Å². The Labute approximate surface area is 173 Å². The van der Waals surface area contributed by atoms with E-state index in [4.69, 9.17) is 0 Å². The van der Waals surface area contributed by atoms with E-state index < -0.39 is 0 Å². The van der Waals surface area contributed by atoms with Gasteiger partial charge in [-0.05, 0) is 69.0 Å². The number of rotatable bonds is 7. The highest BCUT2D eigenvalue weighted by atomic mass is 16.2. The van der Waals surface area contributed by atoms with Crippen molar-refractivity contribution >= 4 is 23.2 Å². The highest BCUT2D eigenvalue weighted by Gasteiger charge is 2.24. The average Bonchev–Trinajstić information content (AvgIpc) is 3.27. The molecule has 1 aliphatic heterocycles. The molecule has 0 aliphatic carbocycles. The molecule has 0 unspecified atom stereocenters. The van der Waals surface area contributed by atoms with Gasteiger partial charge in [-0.2, -0.15) is 0 Å². The third-order valence-electron chi connectivity index (χ3n) is 5.50. The second-order valence-corrected chi connectivity index (χ2v) is 7.58. The van der Waals surface area contributed by atoms with Crippen LogP contribution in [0.15, 0.2) is 42.5 Å². The topological polar surface area (TPSA) is 52.7 Å². The fraction of sp³-hybridized carbons (Fsp3) is 0.417. The van der Waals surface area contributed by atoms with Crippen molar-refractivity contribution < 1.29 is 9.59 Å². The number of nitrogens with zero attached hydrogens (tertiary/aromatic N) is 2. The molecule has 0 aromatic heterocycles. The summed E-state index contributed by atoms with van der Waals surface area (Å²) < 4.78 is 0. The van der Waals surface area contributed by atoms with Gasteiger partial charge < -0.3 is 15.1 Å². The third kappa shape index (κ3) is 4.78. The summed E-state index contributed by atoms with van der Waals surface area (Å²) in [5.41, 5.74) is 3.76. The van der Waals surface area contributed by atoms with E-state index in [0.717, 1.165) is 56.7 Å². The van der Waals surface area contributed by atoms with E-state index in [2.05, 4.69) is 24.1 Å². The number of anilines is 2. The first kappa shape index (κ1) is 20.9. The largest absolute Gasteiger partial charge is 0.372 e. The van der Waals surface area contributed by atoms with Crippen molar-refractivity contribution in [2.45, 2.75) is 40.0 Å². The third-order valence-corrected chi connectivity index (χ3v) is 5.50. The number of carbonyl (C=O) groups excluding carboxylic acids is 2. The molecule has 0 radical (unpaired) electrons. The van der Waals surface area contributed by atoms with Gasteiger partial charge in [-0.25, -0.2) is 0 Å². The molecule has 1 fully saturated rings. The van der Waals surface area contributed by atoms with E-state index >= 15 is 0 Å². The van der Waals surface area contributed by atoms with Crippen LogP contribution in [0.25, 0.3) is 0 Å². The summed E-state index contributed by atoms with van der Waals surface area (Å²) in [5, 5.41) is 2.96. The zero-order valence-electron chi connectivity index (χ0n) is 17.7. The molecule has 2 amide bonds. The minimum Gasteiger partial charge on any atom is -0.372 e. The van der Waals surface area contributed by atoms with E-state index in [1.165, 1.54) is 0 Å². The highest BCUT2D eigenvalue weighted by molar-refractivity contribution is 6.09. The zero-order valence-corrected chi connectivity index (χ0v) is 17.7. The Morgan fingerprint density at radius 1 is 1.03 bits per heavy atom. The molecule has 0 spiro atoms. The van der Waals surface area contributed by atoms with Crippen LogP contribution in [0.3, 0.4) is 0 Å².